The van der Waals surface area contributed by atoms with Gasteiger partial charge in [-0.15, -0.1) is 0 Å². The Hall–Kier alpha value is -6.90. The van der Waals surface area contributed by atoms with E-state index in [9.17, 15) is 115 Å². The third kappa shape index (κ3) is 23.2. The van der Waals surface area contributed by atoms with Crippen LogP contribution in [0.15, 0.2) is 24.3 Å². The van der Waals surface area contributed by atoms with E-state index in [1.807, 2.05) is 0 Å². The van der Waals surface area contributed by atoms with Gasteiger partial charge in [0.2, 0.25) is 0 Å². The normalized spacial score (nSPS) is 36.8. The Morgan fingerprint density at radius 1 is 0.444 bits per heavy atom. The number of esters is 9. The van der Waals surface area contributed by atoms with Crippen molar-refractivity contribution in [3.63, 3.8) is 0 Å². The summed E-state index contributed by atoms with van der Waals surface area (Å²) in [5.74, 6) is -29.9. The van der Waals surface area contributed by atoms with E-state index in [4.69, 9.17) is 28.4 Å². The third-order valence-corrected chi connectivity index (χ3v) is 29.4. The SMILES string of the molecule is CC(F)(F)C(=O)OC12CC3CC(C1)C(=O)C(C3)C2.CC(F)(F)C(=O)OC1C2CC3C(=O)OC1C3C2.CC(F)(F)C(=O)OC1COC(=O)C1.CC(F)(F)C(=O)OCC12CC3CC(CC(C3)C1)C2.CC(F)(F)C(=O)OCC12CC3CC(CC(O)(C3)C1)C2.CC(F)(F)C(=O)OCC1CCCCC1.Cc1ccc(C23CC4CC(CC(COC(=O)C(C)(F)F)(C4)C2)C3)cc1. The second kappa shape index (κ2) is 35.9. The molecular formula is C90H118F14O20. The summed E-state index contributed by atoms with van der Waals surface area (Å²) in [7, 11) is 0. The molecule has 2 aliphatic heterocycles. The fourth-order valence-corrected chi connectivity index (χ4v) is 25.8. The van der Waals surface area contributed by atoms with E-state index in [2.05, 4.69) is 45.4 Å². The van der Waals surface area contributed by atoms with Crippen molar-refractivity contribution in [1.82, 2.24) is 0 Å². The predicted octanol–water partition coefficient (Wildman–Crippen LogP) is 17.7. The largest absolute Gasteiger partial charge is 0.462 e. The Morgan fingerprint density at radius 3 is 1.30 bits per heavy atom. The van der Waals surface area contributed by atoms with Crippen LogP contribution >= 0.6 is 0 Å². The molecule has 2 heterocycles. The lowest BCUT2D eigenvalue weighted by Gasteiger charge is -2.62. The minimum absolute atomic E-state index is 0.00671. The van der Waals surface area contributed by atoms with Crippen LogP contribution in [0.3, 0.4) is 0 Å². The number of Topliss-reactive ketones (excluding diaryl/α,β-unsaturated/α-hetero) is 1. The molecule has 2 saturated heterocycles. The molecule has 1 aromatic carbocycles. The van der Waals surface area contributed by atoms with Gasteiger partial charge < -0.3 is 47.7 Å². The maximum Gasteiger partial charge on any atom is 0.377 e. The lowest BCUT2D eigenvalue weighted by atomic mass is 9.43. The zero-order chi connectivity index (χ0) is 90.9. The molecule has 19 saturated carbocycles. The summed E-state index contributed by atoms with van der Waals surface area (Å²) < 4.78 is 221. The van der Waals surface area contributed by atoms with Crippen molar-refractivity contribution in [3.8, 4) is 0 Å². The highest BCUT2D eigenvalue weighted by atomic mass is 19.3. The van der Waals surface area contributed by atoms with Gasteiger partial charge in [0.1, 0.15) is 36.3 Å². The smallest absolute Gasteiger partial charge is 0.377 e. The van der Waals surface area contributed by atoms with Crippen LogP contribution in [0, 0.1) is 106 Å². The second-order valence-corrected chi connectivity index (χ2v) is 41.3. The molecule has 124 heavy (non-hydrogen) atoms. The molecule has 22 rings (SSSR count). The fraction of sp³-hybridized carbons (Fsp3) is 0.822. The Kier molecular flexibility index (Phi) is 27.8. The number of aryl methyl sites for hydroxylation is 1. The summed E-state index contributed by atoms with van der Waals surface area (Å²) in [6.07, 6.45) is 26.6. The van der Waals surface area contributed by atoms with Gasteiger partial charge in [0, 0.05) is 88.4 Å². The number of benzene rings is 1. The molecule has 0 aromatic heterocycles. The predicted molar refractivity (Wildman–Crippen MR) is 410 cm³/mol. The first-order chi connectivity index (χ1) is 57.3. The summed E-state index contributed by atoms with van der Waals surface area (Å²) in [5, 5.41) is 10.5. The van der Waals surface area contributed by atoms with E-state index in [1.54, 1.807) is 0 Å². The number of alkyl halides is 14. The van der Waals surface area contributed by atoms with Crippen molar-refractivity contribution in [2.45, 2.75) is 331 Å². The van der Waals surface area contributed by atoms with E-state index in [0.717, 1.165) is 133 Å². The van der Waals surface area contributed by atoms with Crippen LogP contribution in [0.4, 0.5) is 61.5 Å². The average Bonchev–Trinajstić information content (AvgIpc) is 0.973. The molecule has 20 nitrogen and oxygen atoms in total. The van der Waals surface area contributed by atoms with Gasteiger partial charge in [0.05, 0.1) is 44.4 Å². The van der Waals surface area contributed by atoms with Crippen molar-refractivity contribution in [2.24, 2.45) is 99.1 Å². The molecule has 0 spiro atoms. The standard InChI is InChI=1S/C21H26F2O2.C14H20F2O3.C14H20F2O2.C13H16F2O3.C11H12F2O4.C10H16F2O2.C7H8F2O4/c1-14-3-5-17(6-4-14)21-10-15-7-16(11-21)9-20(8-15,12-21)13-25-18(24)19(2,22)23;1-12(15,16)11(17)19-8-13-3-9-2-10(4-13)6-14(18,5-9)7-13;1-13(15,16)12(17)18-8-14-5-9-2-10(6-14)4-11(3-9)7-14;1-12(14,15)11(17)18-13-4-7-2-8(5-13)10(16)9(3-7)6-13;1-11(12,13)10(15)17-7-4-2-5-6(3-4)9(14)16-8(5)7;1-10(11,12)9(13)14-7-8-5-3-2-4-6-8;1-7(8,9)6(11)13-4-2-5(10)12-3-4/h3-6,15-16H,7-13H2,1-2H3;9-10,18H,2-8H2,1H3;9-11H,2-8H2,1H3;7-9H,2-6H2,1H3;4-8H,2-3H2,1H3;8H,2-7H2,1H3;4H,2-3H2,1H3. The van der Waals surface area contributed by atoms with Crippen LogP contribution in [0.1, 0.15) is 259 Å². The maximum absolute atomic E-state index is 13.2. The Labute approximate surface area is 712 Å². The number of ether oxygens (including phenoxy) is 9. The van der Waals surface area contributed by atoms with Crippen molar-refractivity contribution in [1.29, 1.82) is 0 Å². The Morgan fingerprint density at radius 2 is 0.855 bits per heavy atom. The number of halogens is 14. The van der Waals surface area contributed by atoms with Crippen LogP contribution in [-0.2, 0) is 96.0 Å². The molecule has 696 valence electrons. The molecule has 34 heteroatoms. The first-order valence-corrected chi connectivity index (χ1v) is 44.0. The van der Waals surface area contributed by atoms with Gasteiger partial charge in [-0.1, -0.05) is 49.1 Å². The first-order valence-electron chi connectivity index (χ1n) is 44.0. The van der Waals surface area contributed by atoms with E-state index < -0.39 is 119 Å². The summed E-state index contributed by atoms with van der Waals surface area (Å²) in [4.78, 5) is 112. The van der Waals surface area contributed by atoms with E-state index in [-0.39, 0.29) is 108 Å². The number of rotatable bonds is 19. The van der Waals surface area contributed by atoms with Gasteiger partial charge in [-0.3, -0.25) is 14.4 Å². The highest BCUT2D eigenvalue weighted by Gasteiger charge is 2.66. The summed E-state index contributed by atoms with van der Waals surface area (Å²) in [6, 6.07) is 8.81. The number of aliphatic hydroxyl groups is 1. The van der Waals surface area contributed by atoms with Crippen LogP contribution < -0.4 is 0 Å². The number of ketones is 1. The molecule has 21 fully saturated rings. The molecule has 1 aromatic rings. The maximum atomic E-state index is 13.2. The van der Waals surface area contributed by atoms with Gasteiger partial charge in [-0.25, -0.2) is 33.6 Å². The zero-order valence-corrected chi connectivity index (χ0v) is 71.6. The molecule has 18 bridgehead atoms. The first kappa shape index (κ1) is 96.2. The quantitative estimate of drug-likeness (QED) is 0.0765. The topological polar surface area (TPSA) is 274 Å². The van der Waals surface area contributed by atoms with Gasteiger partial charge in [-0.05, 0) is 245 Å². The molecule has 12 unspecified atom stereocenters. The Bertz CT molecular complexity index is 3990. The highest BCUT2D eigenvalue weighted by Crippen LogP contribution is 2.67. The van der Waals surface area contributed by atoms with Gasteiger partial charge in [-0.2, -0.15) is 61.5 Å². The van der Waals surface area contributed by atoms with Crippen molar-refractivity contribution < 1.29 is 157 Å². The summed E-state index contributed by atoms with van der Waals surface area (Å²) in [5.41, 5.74) is 0.974. The van der Waals surface area contributed by atoms with Gasteiger partial charge >= 0.3 is 95.2 Å². The van der Waals surface area contributed by atoms with Crippen molar-refractivity contribution in [3.05, 3.63) is 35.4 Å². The molecule has 12 atom stereocenters. The fourth-order valence-electron chi connectivity index (χ4n) is 25.8. The zero-order valence-electron chi connectivity index (χ0n) is 71.6. The molecule has 21 aliphatic rings. The van der Waals surface area contributed by atoms with Gasteiger partial charge in [0.15, 0.2) is 0 Å². The lowest BCUT2D eigenvalue weighted by Crippen LogP contribution is -2.57. The van der Waals surface area contributed by atoms with Crippen molar-refractivity contribution in [2.75, 3.05) is 33.0 Å². The number of carbonyl (C=O) groups excluding carboxylic acids is 10. The van der Waals surface area contributed by atoms with Gasteiger partial charge in [0.25, 0.3) is 0 Å². The monoisotopic (exact) mass is 1780 g/mol. The number of hydrogen-bond donors (Lipinski definition) is 1. The minimum Gasteiger partial charge on any atom is -0.462 e. The summed E-state index contributed by atoms with van der Waals surface area (Å²) in [6.45, 7) is 6.34. The van der Waals surface area contributed by atoms with Crippen LogP contribution in [0.5, 0.6) is 0 Å². The highest BCUT2D eigenvalue weighted by molar-refractivity contribution is 5.87. The lowest BCUT2D eigenvalue weighted by molar-refractivity contribution is -0.207. The van der Waals surface area contributed by atoms with Crippen LogP contribution in [0.25, 0.3) is 0 Å². The van der Waals surface area contributed by atoms with E-state index >= 15 is 0 Å². The number of carbonyl (C=O) groups is 10. The van der Waals surface area contributed by atoms with Crippen LogP contribution in [0.2, 0.25) is 0 Å². The molecule has 0 amide bonds. The molecular weight excluding hydrogens is 1670 g/mol. The Balaban J connectivity index is 0.000000133. The number of fused-ring (bicyclic) bond motifs is 1. The summed E-state index contributed by atoms with van der Waals surface area (Å²) >= 11 is 0. The molecule has 0 radical (unpaired) electrons. The minimum atomic E-state index is -3.52. The third-order valence-electron chi connectivity index (χ3n) is 29.4. The van der Waals surface area contributed by atoms with Crippen molar-refractivity contribution >= 4 is 59.5 Å². The second-order valence-electron chi connectivity index (χ2n) is 41.3. The average molecular weight is 1790 g/mol. The van der Waals surface area contributed by atoms with E-state index in [1.165, 1.54) is 56.1 Å². The molecule has 19 aliphatic carbocycles. The number of hydrogen-bond acceptors (Lipinski definition) is 20. The molecule has 1 N–H and O–H groups in total. The van der Waals surface area contributed by atoms with E-state index in [0.29, 0.717) is 110 Å². The van der Waals surface area contributed by atoms with Crippen LogP contribution in [-0.4, -0.2) is 169 Å². The number of cyclic esters (lactones) is 1.